The number of benzene rings is 6. The Balaban J connectivity index is 1.44. The van der Waals surface area contributed by atoms with Gasteiger partial charge in [-0.2, -0.15) is 0 Å². The molecule has 2 nitrogen and oxygen atoms in total. The molecule has 0 spiro atoms. The second-order valence-electron chi connectivity index (χ2n) is 13.2. The van der Waals surface area contributed by atoms with E-state index in [0.717, 1.165) is 0 Å². The van der Waals surface area contributed by atoms with Crippen molar-refractivity contribution < 1.29 is 0 Å². The molecule has 1 aliphatic heterocycles. The highest BCUT2D eigenvalue weighted by atomic mass is 15.0. The minimum absolute atomic E-state index is 0.337. The van der Waals surface area contributed by atoms with Gasteiger partial charge in [-0.05, 0) is 77.3 Å². The van der Waals surface area contributed by atoms with Crippen LogP contribution in [-0.4, -0.2) is 9.13 Å². The van der Waals surface area contributed by atoms with E-state index in [-0.39, 0.29) is 0 Å². The van der Waals surface area contributed by atoms with Crippen LogP contribution < -0.4 is 0 Å². The number of hydrogen-bond donors (Lipinski definition) is 0. The summed E-state index contributed by atoms with van der Waals surface area (Å²) >= 11 is 0. The molecule has 2 aromatic heterocycles. The van der Waals surface area contributed by atoms with Gasteiger partial charge in [-0.15, -0.1) is 0 Å². The molecule has 3 heterocycles. The van der Waals surface area contributed by atoms with Crippen LogP contribution in [0.4, 0.5) is 0 Å². The minimum Gasteiger partial charge on any atom is -0.309 e. The van der Waals surface area contributed by atoms with Crippen LogP contribution in [0.3, 0.4) is 0 Å². The normalized spacial score (nSPS) is 19.8. The van der Waals surface area contributed by atoms with Gasteiger partial charge in [0.1, 0.15) is 0 Å². The van der Waals surface area contributed by atoms with Gasteiger partial charge < -0.3 is 9.13 Å². The fourth-order valence-electron chi connectivity index (χ4n) is 9.65. The average Bonchev–Trinajstić information content (AvgIpc) is 3.83. The SMILES string of the molecule is c1ccc(-c2cccc3c2-n2c4ccccc4c4cc5c6ccccc6n(c5cc42)-c2cccc4c2C3C2CCCC42)cc1. The molecule has 2 aliphatic carbocycles. The minimum atomic E-state index is 0.337. The maximum Gasteiger partial charge on any atom is 0.0578 e. The van der Waals surface area contributed by atoms with E-state index in [1.165, 1.54) is 90.9 Å². The molecule has 0 amide bonds. The zero-order valence-electron chi connectivity index (χ0n) is 24.4. The molecule has 1 fully saturated rings. The average molecular weight is 563 g/mol. The molecule has 0 saturated heterocycles. The van der Waals surface area contributed by atoms with Crippen molar-refractivity contribution in [3.63, 3.8) is 0 Å². The third kappa shape index (κ3) is 2.78. The van der Waals surface area contributed by atoms with Crippen molar-refractivity contribution in [1.82, 2.24) is 9.13 Å². The van der Waals surface area contributed by atoms with Gasteiger partial charge in [0.15, 0.2) is 0 Å². The van der Waals surface area contributed by atoms with E-state index in [1.54, 1.807) is 11.1 Å². The second kappa shape index (κ2) is 8.30. The Morgan fingerprint density at radius 2 is 1.18 bits per heavy atom. The van der Waals surface area contributed by atoms with Crippen LogP contribution in [0, 0.1) is 5.92 Å². The molecule has 0 N–H and O–H groups in total. The number of rotatable bonds is 1. The Kier molecular flexibility index (Phi) is 4.41. The Labute approximate surface area is 255 Å². The lowest BCUT2D eigenvalue weighted by atomic mass is 9.81. The highest BCUT2D eigenvalue weighted by Crippen LogP contribution is 2.60. The lowest BCUT2D eigenvalue weighted by Gasteiger charge is -2.28. The van der Waals surface area contributed by atoms with Crippen LogP contribution in [0.1, 0.15) is 47.8 Å². The monoisotopic (exact) mass is 562 g/mol. The summed E-state index contributed by atoms with van der Waals surface area (Å²) in [6, 6.07) is 48.4. The van der Waals surface area contributed by atoms with Gasteiger partial charge in [0.2, 0.25) is 0 Å². The van der Waals surface area contributed by atoms with Crippen molar-refractivity contribution in [3.05, 3.63) is 144 Å². The molecule has 44 heavy (non-hydrogen) atoms. The summed E-state index contributed by atoms with van der Waals surface area (Å²) < 4.78 is 5.23. The Morgan fingerprint density at radius 3 is 2.00 bits per heavy atom. The molecule has 2 bridgehead atoms. The highest BCUT2D eigenvalue weighted by molar-refractivity contribution is 6.19. The van der Waals surface area contributed by atoms with Crippen molar-refractivity contribution in [2.75, 3.05) is 0 Å². The van der Waals surface area contributed by atoms with Gasteiger partial charge in [-0.25, -0.2) is 0 Å². The van der Waals surface area contributed by atoms with Crippen LogP contribution in [0.5, 0.6) is 0 Å². The first-order valence-electron chi connectivity index (χ1n) is 16.1. The van der Waals surface area contributed by atoms with Gasteiger partial charge in [0, 0.05) is 33.0 Å². The van der Waals surface area contributed by atoms with Crippen molar-refractivity contribution in [2.24, 2.45) is 5.92 Å². The second-order valence-corrected chi connectivity index (χ2v) is 13.2. The molecule has 11 rings (SSSR count). The van der Waals surface area contributed by atoms with Crippen molar-refractivity contribution in [3.8, 4) is 22.5 Å². The summed E-state index contributed by atoms with van der Waals surface area (Å²) in [4.78, 5) is 0. The van der Waals surface area contributed by atoms with E-state index in [9.17, 15) is 0 Å². The van der Waals surface area contributed by atoms with E-state index in [1.807, 2.05) is 0 Å². The third-order valence-corrected chi connectivity index (χ3v) is 11.2. The maximum atomic E-state index is 2.62. The lowest BCUT2D eigenvalue weighted by Crippen LogP contribution is -2.15. The van der Waals surface area contributed by atoms with Crippen molar-refractivity contribution >= 4 is 43.6 Å². The number of aromatic nitrogens is 2. The van der Waals surface area contributed by atoms with E-state index in [2.05, 4.69) is 137 Å². The lowest BCUT2D eigenvalue weighted by molar-refractivity contribution is 0.476. The summed E-state index contributed by atoms with van der Waals surface area (Å²) in [5.74, 6) is 1.57. The maximum absolute atomic E-state index is 2.62. The largest absolute Gasteiger partial charge is 0.309 e. The fourth-order valence-corrected chi connectivity index (χ4v) is 9.65. The van der Waals surface area contributed by atoms with E-state index >= 15 is 0 Å². The third-order valence-electron chi connectivity index (χ3n) is 11.2. The summed E-state index contributed by atoms with van der Waals surface area (Å²) in [6.45, 7) is 0. The smallest absolute Gasteiger partial charge is 0.0578 e. The van der Waals surface area contributed by atoms with Crippen molar-refractivity contribution in [2.45, 2.75) is 31.1 Å². The summed E-state index contributed by atoms with van der Waals surface area (Å²) in [5, 5.41) is 5.30. The summed E-state index contributed by atoms with van der Waals surface area (Å²) in [5.41, 5.74) is 15.1. The molecule has 208 valence electrons. The van der Waals surface area contributed by atoms with Gasteiger partial charge in [0.25, 0.3) is 0 Å². The molecule has 2 heteroatoms. The first-order valence-corrected chi connectivity index (χ1v) is 16.1. The van der Waals surface area contributed by atoms with Gasteiger partial charge in [-0.3, -0.25) is 0 Å². The van der Waals surface area contributed by atoms with Gasteiger partial charge in [-0.1, -0.05) is 103 Å². The van der Waals surface area contributed by atoms with Crippen LogP contribution in [0.25, 0.3) is 66.1 Å². The predicted molar refractivity (Wildman–Crippen MR) is 182 cm³/mol. The van der Waals surface area contributed by atoms with E-state index in [4.69, 9.17) is 0 Å². The Bertz CT molecular complexity index is 2490. The summed E-state index contributed by atoms with van der Waals surface area (Å²) in [6.07, 6.45) is 3.89. The fraction of sp³-hybridized carbons (Fsp3) is 0.143. The van der Waals surface area contributed by atoms with Crippen LogP contribution in [0.2, 0.25) is 0 Å². The van der Waals surface area contributed by atoms with Gasteiger partial charge >= 0.3 is 0 Å². The van der Waals surface area contributed by atoms with Crippen LogP contribution >= 0.6 is 0 Å². The number of fused-ring (bicyclic) bond motifs is 13. The molecular weight excluding hydrogens is 532 g/mol. The number of nitrogens with zero attached hydrogens (tertiary/aromatic N) is 2. The highest BCUT2D eigenvalue weighted by Gasteiger charge is 2.46. The number of hydrogen-bond acceptors (Lipinski definition) is 0. The number of para-hydroxylation sites is 3. The first kappa shape index (κ1) is 23.4. The predicted octanol–water partition coefficient (Wildman–Crippen LogP) is 10.9. The summed E-state index contributed by atoms with van der Waals surface area (Å²) in [7, 11) is 0. The molecule has 1 saturated carbocycles. The molecule has 8 aromatic rings. The Hall–Kier alpha value is -5.08. The first-order chi connectivity index (χ1) is 21.9. The zero-order chi connectivity index (χ0) is 28.5. The van der Waals surface area contributed by atoms with Gasteiger partial charge in [0.05, 0.1) is 33.4 Å². The molecular formula is C42H30N2. The van der Waals surface area contributed by atoms with Crippen molar-refractivity contribution in [1.29, 1.82) is 0 Å². The quantitative estimate of drug-likeness (QED) is 0.188. The van der Waals surface area contributed by atoms with E-state index < -0.39 is 0 Å². The molecule has 3 unspecified atom stereocenters. The molecule has 6 aromatic carbocycles. The topological polar surface area (TPSA) is 9.86 Å². The molecule has 3 atom stereocenters. The Morgan fingerprint density at radius 1 is 0.500 bits per heavy atom. The zero-order valence-corrected chi connectivity index (χ0v) is 24.4. The molecule has 3 aliphatic rings. The van der Waals surface area contributed by atoms with Crippen LogP contribution in [-0.2, 0) is 0 Å². The molecule has 0 radical (unpaired) electrons. The van der Waals surface area contributed by atoms with Crippen LogP contribution in [0.15, 0.2) is 127 Å². The standard InChI is InChI=1S/C42H30N2/c1-2-11-25(12-3-1)26-15-8-19-32-40-30-17-9-16-27(30)31-18-10-22-37(41(31)40)43-35-20-6-4-13-28(35)33-23-34-29-14-5-7-21-36(29)44(42(26)32)39(34)24-38(33)43/h1-8,10-15,18-24,27,30,40H,9,16-17H2. The van der Waals surface area contributed by atoms with E-state index in [0.29, 0.717) is 17.8 Å².